The van der Waals surface area contributed by atoms with Crippen molar-refractivity contribution in [1.29, 1.82) is 0 Å². The summed E-state index contributed by atoms with van der Waals surface area (Å²) in [5, 5.41) is 2.14. The molecule has 2 aromatic carbocycles. The van der Waals surface area contributed by atoms with Crippen LogP contribution in [-0.4, -0.2) is 13.0 Å². The summed E-state index contributed by atoms with van der Waals surface area (Å²) in [6.07, 6.45) is 0. The summed E-state index contributed by atoms with van der Waals surface area (Å²) >= 11 is 0. The highest BCUT2D eigenvalue weighted by Gasteiger charge is 2.29. The molecule has 4 heteroatoms. The summed E-state index contributed by atoms with van der Waals surface area (Å²) in [5.41, 5.74) is 2.47. The molecule has 0 atom stereocenters. The second-order valence-electron chi connectivity index (χ2n) is 5.03. The molecule has 0 aliphatic carbocycles. The molecule has 0 aromatic heterocycles. The normalized spacial score (nSPS) is 11.4. The van der Waals surface area contributed by atoms with Crippen LogP contribution in [0.15, 0.2) is 36.4 Å². The van der Waals surface area contributed by atoms with E-state index < -0.39 is 5.41 Å². The number of fused-ring (bicyclic) bond motifs is 1. The first-order valence-corrected chi connectivity index (χ1v) is 6.08. The average molecular weight is 258 g/mol. The number of carbonyl (C=O) groups excluding carboxylic acids is 1. The van der Waals surface area contributed by atoms with Crippen LogP contribution in [0.25, 0.3) is 10.8 Å². The quantitative estimate of drug-likeness (QED) is 0.503. The first kappa shape index (κ1) is 13.4. The highest BCUT2D eigenvalue weighted by Crippen LogP contribution is 2.28. The molecule has 100 valence electrons. The lowest BCUT2D eigenvalue weighted by atomic mass is 9.83. The predicted molar refractivity (Wildman–Crippen MR) is 75.9 cm³/mol. The Labute approximate surface area is 112 Å². The van der Waals surface area contributed by atoms with Crippen LogP contribution in [0.5, 0.6) is 5.75 Å². The molecule has 1 amide bonds. The van der Waals surface area contributed by atoms with Gasteiger partial charge in [0.25, 0.3) is 0 Å². The number of nitrogens with one attached hydrogen (secondary N) is 1. The molecule has 0 aliphatic heterocycles. The minimum Gasteiger partial charge on any atom is -0.497 e. The van der Waals surface area contributed by atoms with Gasteiger partial charge in [-0.3, -0.25) is 10.2 Å². The van der Waals surface area contributed by atoms with Crippen LogP contribution in [0.2, 0.25) is 0 Å². The van der Waals surface area contributed by atoms with Gasteiger partial charge in [0, 0.05) is 0 Å². The number of hydrazine groups is 1. The first-order chi connectivity index (χ1) is 8.98. The average Bonchev–Trinajstić information content (AvgIpc) is 2.44. The molecular formula is C15H18N2O2. The summed E-state index contributed by atoms with van der Waals surface area (Å²) < 4.78 is 5.19. The van der Waals surface area contributed by atoms with Gasteiger partial charge in [-0.05, 0) is 42.3 Å². The Hall–Kier alpha value is -2.07. The van der Waals surface area contributed by atoms with Gasteiger partial charge in [-0.2, -0.15) is 0 Å². The van der Waals surface area contributed by atoms with E-state index in [0.717, 1.165) is 22.1 Å². The van der Waals surface area contributed by atoms with Gasteiger partial charge in [-0.25, -0.2) is 5.84 Å². The minimum absolute atomic E-state index is 0.208. The van der Waals surface area contributed by atoms with E-state index in [1.807, 2.05) is 50.2 Å². The maximum Gasteiger partial charge on any atom is 0.243 e. The van der Waals surface area contributed by atoms with E-state index in [1.54, 1.807) is 7.11 Å². The third-order valence-corrected chi connectivity index (χ3v) is 3.47. The van der Waals surface area contributed by atoms with E-state index in [9.17, 15) is 4.79 Å². The largest absolute Gasteiger partial charge is 0.497 e. The van der Waals surface area contributed by atoms with E-state index in [2.05, 4.69) is 5.43 Å². The summed E-state index contributed by atoms with van der Waals surface area (Å²) in [6, 6.07) is 11.8. The molecule has 19 heavy (non-hydrogen) atoms. The molecule has 0 saturated heterocycles. The van der Waals surface area contributed by atoms with Gasteiger partial charge < -0.3 is 4.74 Å². The van der Waals surface area contributed by atoms with Crippen LogP contribution in [0.1, 0.15) is 19.4 Å². The molecular weight excluding hydrogens is 240 g/mol. The molecule has 0 radical (unpaired) electrons. The molecule has 0 aliphatic rings. The van der Waals surface area contributed by atoms with E-state index in [1.165, 1.54) is 0 Å². The first-order valence-electron chi connectivity index (χ1n) is 6.08. The van der Waals surface area contributed by atoms with Crippen molar-refractivity contribution in [3.05, 3.63) is 42.0 Å². The van der Waals surface area contributed by atoms with Gasteiger partial charge >= 0.3 is 0 Å². The van der Waals surface area contributed by atoms with Crippen LogP contribution in [0.4, 0.5) is 0 Å². The number of methoxy groups -OCH3 is 1. The Kier molecular flexibility index (Phi) is 3.44. The van der Waals surface area contributed by atoms with Crippen molar-refractivity contribution in [2.24, 2.45) is 5.84 Å². The monoisotopic (exact) mass is 258 g/mol. The zero-order valence-electron chi connectivity index (χ0n) is 11.4. The number of hydrogen-bond acceptors (Lipinski definition) is 3. The Balaban J connectivity index is 2.50. The molecule has 0 heterocycles. The lowest BCUT2D eigenvalue weighted by Crippen LogP contribution is -2.43. The summed E-state index contributed by atoms with van der Waals surface area (Å²) in [4.78, 5) is 11.8. The number of rotatable bonds is 3. The Morgan fingerprint density at radius 3 is 2.42 bits per heavy atom. The predicted octanol–water partition coefficient (Wildman–Crippen LogP) is 2.12. The number of hydrogen-bond donors (Lipinski definition) is 2. The van der Waals surface area contributed by atoms with Crippen LogP contribution in [0.3, 0.4) is 0 Å². The highest BCUT2D eigenvalue weighted by atomic mass is 16.5. The summed E-state index contributed by atoms with van der Waals surface area (Å²) in [7, 11) is 1.64. The van der Waals surface area contributed by atoms with Crippen molar-refractivity contribution in [1.82, 2.24) is 5.43 Å². The van der Waals surface area contributed by atoms with Crippen molar-refractivity contribution in [2.45, 2.75) is 19.3 Å². The van der Waals surface area contributed by atoms with Gasteiger partial charge in [0.05, 0.1) is 12.5 Å². The molecule has 4 nitrogen and oxygen atoms in total. The minimum atomic E-state index is -0.664. The third kappa shape index (κ3) is 2.39. The van der Waals surface area contributed by atoms with Crippen molar-refractivity contribution in [3.8, 4) is 5.75 Å². The zero-order valence-corrected chi connectivity index (χ0v) is 11.4. The fourth-order valence-corrected chi connectivity index (χ4v) is 2.05. The molecule has 0 spiro atoms. The van der Waals surface area contributed by atoms with Crippen LogP contribution < -0.4 is 16.0 Å². The molecule has 2 aromatic rings. The zero-order chi connectivity index (χ0) is 14.0. The Morgan fingerprint density at radius 1 is 1.16 bits per heavy atom. The second-order valence-corrected chi connectivity index (χ2v) is 5.03. The Morgan fingerprint density at radius 2 is 1.79 bits per heavy atom. The highest BCUT2D eigenvalue weighted by molar-refractivity contribution is 5.90. The van der Waals surface area contributed by atoms with Crippen molar-refractivity contribution >= 4 is 16.7 Å². The third-order valence-electron chi connectivity index (χ3n) is 3.47. The lowest BCUT2D eigenvalue weighted by Gasteiger charge is -2.23. The number of benzene rings is 2. The fraction of sp³-hybridized carbons (Fsp3) is 0.267. The molecule has 2 rings (SSSR count). The number of carbonyl (C=O) groups is 1. The maximum absolute atomic E-state index is 11.8. The maximum atomic E-state index is 11.8. The van der Waals surface area contributed by atoms with Gasteiger partial charge in [0.2, 0.25) is 5.91 Å². The van der Waals surface area contributed by atoms with Crippen molar-refractivity contribution in [2.75, 3.05) is 7.11 Å². The van der Waals surface area contributed by atoms with Gasteiger partial charge in [0.15, 0.2) is 0 Å². The number of nitrogens with two attached hydrogens (primary N) is 1. The summed E-state index contributed by atoms with van der Waals surface area (Å²) in [5.74, 6) is 5.84. The van der Waals surface area contributed by atoms with Gasteiger partial charge in [-0.1, -0.05) is 24.3 Å². The van der Waals surface area contributed by atoms with E-state index in [0.29, 0.717) is 0 Å². The molecule has 3 N–H and O–H groups in total. The summed E-state index contributed by atoms with van der Waals surface area (Å²) in [6.45, 7) is 3.69. The number of ether oxygens (including phenoxy) is 1. The molecule has 0 unspecified atom stereocenters. The smallest absolute Gasteiger partial charge is 0.243 e. The van der Waals surface area contributed by atoms with Gasteiger partial charge in [-0.15, -0.1) is 0 Å². The van der Waals surface area contributed by atoms with Crippen LogP contribution >= 0.6 is 0 Å². The van der Waals surface area contributed by atoms with Gasteiger partial charge in [0.1, 0.15) is 5.75 Å². The lowest BCUT2D eigenvalue weighted by molar-refractivity contribution is -0.125. The molecule has 0 fully saturated rings. The van der Waals surface area contributed by atoms with Crippen LogP contribution in [-0.2, 0) is 10.2 Å². The standard InChI is InChI=1S/C15H18N2O2/c1-15(2,14(18)17-16)12-6-4-11-9-13(19-3)7-5-10(11)8-12/h4-9H,16H2,1-3H3,(H,17,18). The van der Waals surface area contributed by atoms with E-state index in [-0.39, 0.29) is 5.91 Å². The van der Waals surface area contributed by atoms with Crippen molar-refractivity contribution < 1.29 is 9.53 Å². The fourth-order valence-electron chi connectivity index (χ4n) is 2.05. The number of amides is 1. The topological polar surface area (TPSA) is 64.3 Å². The molecule has 0 saturated carbocycles. The Bertz CT molecular complexity index is 621. The molecule has 0 bridgehead atoms. The van der Waals surface area contributed by atoms with E-state index in [4.69, 9.17) is 10.6 Å². The van der Waals surface area contributed by atoms with Crippen LogP contribution in [0, 0.1) is 0 Å². The SMILES string of the molecule is COc1ccc2cc(C(C)(C)C(=O)NN)ccc2c1. The van der Waals surface area contributed by atoms with E-state index >= 15 is 0 Å². The van der Waals surface area contributed by atoms with Crippen molar-refractivity contribution in [3.63, 3.8) is 0 Å². The second kappa shape index (κ2) is 4.90.